The van der Waals surface area contributed by atoms with Crippen LogP contribution < -0.4 is 9.47 Å². The molecule has 0 spiro atoms. The zero-order chi connectivity index (χ0) is 21.0. The van der Waals surface area contributed by atoms with Gasteiger partial charge in [-0.3, -0.25) is 9.47 Å². The predicted molar refractivity (Wildman–Crippen MR) is 109 cm³/mol. The van der Waals surface area contributed by atoms with E-state index in [1.165, 1.54) is 6.07 Å². The SMILES string of the molecule is C=CCn1c(C2CC2)nn(CN(C)Cc2ccc(OC(F)F)c(OCC)c2)c1=S. The van der Waals surface area contributed by atoms with Crippen LogP contribution in [0.25, 0.3) is 0 Å². The molecule has 0 saturated heterocycles. The largest absolute Gasteiger partial charge is 0.490 e. The summed E-state index contributed by atoms with van der Waals surface area (Å²) >= 11 is 5.60. The summed E-state index contributed by atoms with van der Waals surface area (Å²) in [6, 6.07) is 4.99. The molecule has 0 unspecified atom stereocenters. The molecule has 1 aliphatic carbocycles. The van der Waals surface area contributed by atoms with Gasteiger partial charge in [0.25, 0.3) is 0 Å². The lowest BCUT2D eigenvalue weighted by atomic mass is 10.2. The molecule has 1 heterocycles. The molecule has 0 bridgehead atoms. The zero-order valence-electron chi connectivity index (χ0n) is 16.7. The summed E-state index contributed by atoms with van der Waals surface area (Å²) in [4.78, 5) is 2.05. The molecular weight excluding hydrogens is 398 g/mol. The van der Waals surface area contributed by atoms with Crippen molar-refractivity contribution in [1.82, 2.24) is 19.2 Å². The van der Waals surface area contributed by atoms with Crippen molar-refractivity contribution in [3.63, 3.8) is 0 Å². The van der Waals surface area contributed by atoms with E-state index in [9.17, 15) is 8.78 Å². The van der Waals surface area contributed by atoms with Crippen molar-refractivity contribution in [3.8, 4) is 11.5 Å². The Labute approximate surface area is 174 Å². The molecule has 6 nitrogen and oxygen atoms in total. The third-order valence-electron chi connectivity index (χ3n) is 4.56. The van der Waals surface area contributed by atoms with Gasteiger partial charge in [-0.05, 0) is 56.7 Å². The van der Waals surface area contributed by atoms with Gasteiger partial charge in [0.15, 0.2) is 16.3 Å². The first kappa shape index (κ1) is 21.4. The minimum Gasteiger partial charge on any atom is -0.490 e. The Morgan fingerprint density at radius 3 is 2.76 bits per heavy atom. The minimum absolute atomic E-state index is 0.0349. The second-order valence-electron chi connectivity index (χ2n) is 7.06. The molecule has 0 amide bonds. The Bertz CT molecular complexity index is 908. The van der Waals surface area contributed by atoms with E-state index >= 15 is 0 Å². The van der Waals surface area contributed by atoms with Crippen molar-refractivity contribution in [2.24, 2.45) is 0 Å². The fraction of sp³-hybridized carbons (Fsp3) is 0.500. The number of hydrogen-bond acceptors (Lipinski definition) is 5. The lowest BCUT2D eigenvalue weighted by molar-refractivity contribution is -0.0514. The minimum atomic E-state index is -2.89. The highest BCUT2D eigenvalue weighted by atomic mass is 32.1. The van der Waals surface area contributed by atoms with Crippen LogP contribution in [0.4, 0.5) is 8.78 Å². The van der Waals surface area contributed by atoms with E-state index in [2.05, 4.69) is 16.2 Å². The van der Waals surface area contributed by atoms with Crippen LogP contribution >= 0.6 is 12.2 Å². The Morgan fingerprint density at radius 2 is 2.14 bits per heavy atom. The average molecular weight is 425 g/mol. The van der Waals surface area contributed by atoms with Crippen LogP contribution in [0.15, 0.2) is 30.9 Å². The molecule has 0 aliphatic heterocycles. The third-order valence-corrected chi connectivity index (χ3v) is 4.99. The number of ether oxygens (including phenoxy) is 2. The molecule has 0 atom stereocenters. The topological polar surface area (TPSA) is 44.5 Å². The number of nitrogens with zero attached hydrogens (tertiary/aromatic N) is 4. The van der Waals surface area contributed by atoms with Crippen LogP contribution in [0.3, 0.4) is 0 Å². The molecule has 29 heavy (non-hydrogen) atoms. The third kappa shape index (κ3) is 5.42. The van der Waals surface area contributed by atoms with Crippen LogP contribution in [-0.2, 0) is 19.8 Å². The van der Waals surface area contributed by atoms with E-state index in [-0.39, 0.29) is 5.75 Å². The fourth-order valence-corrected chi connectivity index (χ4v) is 3.46. The van der Waals surface area contributed by atoms with Gasteiger partial charge in [0, 0.05) is 19.0 Å². The Hall–Kier alpha value is -2.26. The maximum Gasteiger partial charge on any atom is 0.387 e. The molecule has 3 rings (SSSR count). The van der Waals surface area contributed by atoms with Gasteiger partial charge >= 0.3 is 6.61 Å². The first-order valence-corrected chi connectivity index (χ1v) is 10.0. The molecule has 0 N–H and O–H groups in total. The van der Waals surface area contributed by atoms with Gasteiger partial charge in [-0.1, -0.05) is 12.1 Å². The normalized spacial score (nSPS) is 13.9. The van der Waals surface area contributed by atoms with Crippen molar-refractivity contribution in [1.29, 1.82) is 0 Å². The smallest absolute Gasteiger partial charge is 0.387 e. The molecule has 2 aromatic rings. The van der Waals surface area contributed by atoms with Crippen LogP contribution in [0.5, 0.6) is 11.5 Å². The highest BCUT2D eigenvalue weighted by Gasteiger charge is 2.30. The van der Waals surface area contributed by atoms with Gasteiger partial charge in [-0.15, -0.1) is 6.58 Å². The quantitative estimate of drug-likeness (QED) is 0.391. The number of aromatic nitrogens is 3. The number of benzene rings is 1. The summed E-state index contributed by atoms with van der Waals surface area (Å²) in [5.74, 6) is 1.85. The summed E-state index contributed by atoms with van der Waals surface area (Å²) in [7, 11) is 1.95. The monoisotopic (exact) mass is 424 g/mol. The molecule has 0 radical (unpaired) electrons. The standard InChI is InChI=1S/C20H26F2N4O2S/c1-4-10-25-18(15-7-8-15)23-26(20(25)29)13-24(3)12-14-6-9-16(28-19(21)22)17(11-14)27-5-2/h4,6,9,11,15,19H,1,5,7-8,10,12-13H2,2-3H3. The summed E-state index contributed by atoms with van der Waals surface area (Å²) in [6.07, 6.45) is 4.12. The summed E-state index contributed by atoms with van der Waals surface area (Å²) < 4.78 is 39.7. The average Bonchev–Trinajstić information content (AvgIpc) is 3.46. The lowest BCUT2D eigenvalue weighted by Gasteiger charge is -2.18. The van der Waals surface area contributed by atoms with Crippen molar-refractivity contribution < 1.29 is 18.3 Å². The predicted octanol–water partition coefficient (Wildman–Crippen LogP) is 4.57. The molecule has 158 valence electrons. The number of rotatable bonds is 11. The summed E-state index contributed by atoms with van der Waals surface area (Å²) in [6.45, 7) is 4.81. The van der Waals surface area contributed by atoms with Gasteiger partial charge in [0.2, 0.25) is 0 Å². The van der Waals surface area contributed by atoms with Crippen molar-refractivity contribution in [3.05, 3.63) is 47.0 Å². The maximum absolute atomic E-state index is 12.6. The van der Waals surface area contributed by atoms with E-state index in [0.717, 1.165) is 24.2 Å². The Kier molecular flexibility index (Phi) is 7.02. The molecule has 1 aromatic heterocycles. The van der Waals surface area contributed by atoms with Gasteiger partial charge < -0.3 is 9.47 Å². The van der Waals surface area contributed by atoms with Crippen molar-refractivity contribution in [2.45, 2.75) is 52.1 Å². The van der Waals surface area contributed by atoms with Crippen LogP contribution in [0.1, 0.15) is 37.1 Å². The number of allylic oxidation sites excluding steroid dienone is 1. The highest BCUT2D eigenvalue weighted by Crippen LogP contribution is 2.39. The van der Waals surface area contributed by atoms with Crippen LogP contribution in [-0.4, -0.2) is 39.5 Å². The second-order valence-corrected chi connectivity index (χ2v) is 7.43. The molecule has 9 heteroatoms. The van der Waals surface area contributed by atoms with Crippen LogP contribution in [0.2, 0.25) is 0 Å². The molecular formula is C20H26F2N4O2S. The maximum atomic E-state index is 12.6. The first-order chi connectivity index (χ1) is 13.9. The second kappa shape index (κ2) is 9.49. The summed E-state index contributed by atoms with van der Waals surface area (Å²) in [5, 5.41) is 4.72. The van der Waals surface area contributed by atoms with E-state index in [1.807, 2.05) is 22.4 Å². The van der Waals surface area contributed by atoms with Gasteiger partial charge in [-0.25, -0.2) is 4.68 Å². The Morgan fingerprint density at radius 1 is 1.38 bits per heavy atom. The van der Waals surface area contributed by atoms with Gasteiger partial charge in [0.05, 0.1) is 13.3 Å². The van der Waals surface area contributed by atoms with Gasteiger partial charge in [-0.2, -0.15) is 13.9 Å². The van der Waals surface area contributed by atoms with Crippen molar-refractivity contribution in [2.75, 3.05) is 13.7 Å². The highest BCUT2D eigenvalue weighted by molar-refractivity contribution is 7.71. The van der Waals surface area contributed by atoms with Crippen LogP contribution in [0, 0.1) is 4.77 Å². The van der Waals surface area contributed by atoms with E-state index in [1.54, 1.807) is 19.1 Å². The molecule has 1 saturated carbocycles. The lowest BCUT2D eigenvalue weighted by Crippen LogP contribution is -2.22. The molecule has 1 aromatic carbocycles. The van der Waals surface area contributed by atoms with E-state index in [4.69, 9.17) is 22.1 Å². The molecule has 1 fully saturated rings. The number of halogens is 2. The van der Waals surface area contributed by atoms with E-state index < -0.39 is 6.61 Å². The number of hydrogen-bond donors (Lipinski definition) is 0. The summed E-state index contributed by atoms with van der Waals surface area (Å²) in [5.41, 5.74) is 0.914. The fourth-order valence-electron chi connectivity index (χ4n) is 3.20. The zero-order valence-corrected chi connectivity index (χ0v) is 17.5. The van der Waals surface area contributed by atoms with Crippen molar-refractivity contribution >= 4 is 12.2 Å². The number of alkyl halides is 2. The molecule has 1 aliphatic rings. The van der Waals surface area contributed by atoms with Gasteiger partial charge in [0.1, 0.15) is 5.82 Å². The van der Waals surface area contributed by atoms with E-state index in [0.29, 0.717) is 42.8 Å². The first-order valence-electron chi connectivity index (χ1n) is 9.60. The Balaban J connectivity index is 1.73.